The molecule has 1 N–H and O–H groups in total. The van der Waals surface area contributed by atoms with E-state index in [4.69, 9.17) is 12.2 Å². The molecule has 4 aromatic rings. The lowest BCUT2D eigenvalue weighted by molar-refractivity contribution is -0.111. The number of nitrogens with one attached hydrogen (secondary N) is 1. The molecule has 0 aliphatic carbocycles. The minimum absolute atomic E-state index is 0.177. The highest BCUT2D eigenvalue weighted by atomic mass is 32.1. The molecule has 4 aromatic carbocycles. The Morgan fingerprint density at radius 2 is 1.52 bits per heavy atom. The SMILES string of the molecule is C/C=C/C(=O)Nc1ccc2ccccc2c1-c1c(N=C=S)ccc2ccccc12. The molecule has 4 rings (SSSR count). The third-order valence-corrected chi connectivity index (χ3v) is 4.92. The van der Waals surface area contributed by atoms with Crippen molar-refractivity contribution < 1.29 is 4.79 Å². The predicted molar refractivity (Wildman–Crippen MR) is 125 cm³/mol. The number of carbonyl (C=O) groups is 1. The van der Waals surface area contributed by atoms with E-state index in [1.807, 2.05) is 55.5 Å². The van der Waals surface area contributed by atoms with Crippen molar-refractivity contribution in [1.29, 1.82) is 0 Å². The fourth-order valence-corrected chi connectivity index (χ4v) is 3.73. The summed E-state index contributed by atoms with van der Waals surface area (Å²) in [7, 11) is 0. The van der Waals surface area contributed by atoms with Gasteiger partial charge in [0.05, 0.1) is 10.8 Å². The van der Waals surface area contributed by atoms with Crippen LogP contribution in [0.3, 0.4) is 0 Å². The van der Waals surface area contributed by atoms with Crippen molar-refractivity contribution in [1.82, 2.24) is 0 Å². The van der Waals surface area contributed by atoms with Gasteiger partial charge in [-0.15, -0.1) is 0 Å². The highest BCUT2D eigenvalue weighted by Crippen LogP contribution is 2.44. The van der Waals surface area contributed by atoms with Crippen LogP contribution in [0, 0.1) is 0 Å². The molecule has 0 bridgehead atoms. The average Bonchev–Trinajstić information content (AvgIpc) is 2.74. The van der Waals surface area contributed by atoms with Crippen molar-refractivity contribution in [2.24, 2.45) is 4.99 Å². The number of rotatable bonds is 4. The number of hydrogen-bond donors (Lipinski definition) is 1. The Morgan fingerprint density at radius 3 is 2.17 bits per heavy atom. The number of thiocarbonyl (C=S) groups is 1. The smallest absolute Gasteiger partial charge is 0.248 e. The Morgan fingerprint density at radius 1 is 0.897 bits per heavy atom. The largest absolute Gasteiger partial charge is 0.322 e. The van der Waals surface area contributed by atoms with Gasteiger partial charge in [-0.2, -0.15) is 4.99 Å². The van der Waals surface area contributed by atoms with Crippen molar-refractivity contribution in [2.45, 2.75) is 6.92 Å². The number of hydrogen-bond acceptors (Lipinski definition) is 3. The summed E-state index contributed by atoms with van der Waals surface area (Å²) in [5.41, 5.74) is 3.29. The predicted octanol–water partition coefficient (Wildman–Crippen LogP) is 6.91. The number of fused-ring (bicyclic) bond motifs is 2. The minimum atomic E-state index is -0.177. The molecular weight excluding hydrogens is 376 g/mol. The van der Waals surface area contributed by atoms with Crippen molar-refractivity contribution >= 4 is 56.2 Å². The van der Waals surface area contributed by atoms with E-state index < -0.39 is 0 Å². The van der Waals surface area contributed by atoms with E-state index in [9.17, 15) is 4.79 Å². The van der Waals surface area contributed by atoms with E-state index in [0.717, 1.165) is 44.0 Å². The Bertz CT molecular complexity index is 1320. The lowest BCUT2D eigenvalue weighted by Crippen LogP contribution is -2.09. The fourth-order valence-electron chi connectivity index (χ4n) is 3.64. The van der Waals surface area contributed by atoms with E-state index >= 15 is 0 Å². The van der Waals surface area contributed by atoms with Gasteiger partial charge in [0.1, 0.15) is 0 Å². The summed E-state index contributed by atoms with van der Waals surface area (Å²) in [5, 5.41) is 9.76. The molecule has 0 aromatic heterocycles. The Balaban J connectivity index is 2.14. The monoisotopic (exact) mass is 394 g/mol. The van der Waals surface area contributed by atoms with Crippen LogP contribution in [-0.2, 0) is 4.79 Å². The summed E-state index contributed by atoms with van der Waals surface area (Å²) < 4.78 is 0. The summed E-state index contributed by atoms with van der Waals surface area (Å²) in [6.07, 6.45) is 3.23. The first-order valence-corrected chi connectivity index (χ1v) is 9.69. The van der Waals surface area contributed by atoms with Crippen LogP contribution in [0.1, 0.15) is 6.92 Å². The molecule has 4 heteroatoms. The number of isothiocyanates is 1. The molecule has 0 fully saturated rings. The third-order valence-electron chi connectivity index (χ3n) is 4.83. The number of carbonyl (C=O) groups excluding carboxylic acids is 1. The third kappa shape index (κ3) is 3.59. The second-order valence-electron chi connectivity index (χ2n) is 6.58. The van der Waals surface area contributed by atoms with Crippen molar-refractivity contribution in [3.63, 3.8) is 0 Å². The van der Waals surface area contributed by atoms with Gasteiger partial charge in [-0.05, 0) is 58.9 Å². The van der Waals surface area contributed by atoms with Gasteiger partial charge >= 0.3 is 0 Å². The van der Waals surface area contributed by atoms with Gasteiger partial charge in [0, 0.05) is 16.8 Å². The van der Waals surface area contributed by atoms with Crippen LogP contribution in [0.15, 0.2) is 89.9 Å². The first-order valence-electron chi connectivity index (χ1n) is 9.28. The van der Waals surface area contributed by atoms with Crippen molar-refractivity contribution in [3.05, 3.63) is 84.9 Å². The molecule has 3 nitrogen and oxygen atoms in total. The number of amides is 1. The molecule has 0 unspecified atom stereocenters. The van der Waals surface area contributed by atoms with Gasteiger partial charge in [-0.1, -0.05) is 66.7 Å². The van der Waals surface area contributed by atoms with Gasteiger partial charge in [-0.3, -0.25) is 4.79 Å². The maximum absolute atomic E-state index is 12.4. The molecule has 29 heavy (non-hydrogen) atoms. The Hall–Kier alpha value is -3.59. The van der Waals surface area contributed by atoms with E-state index in [1.54, 1.807) is 6.08 Å². The van der Waals surface area contributed by atoms with Gasteiger partial charge in [0.15, 0.2) is 0 Å². The zero-order chi connectivity index (χ0) is 20.2. The summed E-state index contributed by atoms with van der Waals surface area (Å²) in [5.74, 6) is -0.177. The molecule has 0 saturated carbocycles. The van der Waals surface area contributed by atoms with Crippen molar-refractivity contribution in [2.75, 3.05) is 5.32 Å². The molecule has 0 aliphatic heterocycles. The van der Waals surface area contributed by atoms with Crippen LogP contribution >= 0.6 is 12.2 Å². The number of anilines is 1. The number of benzene rings is 4. The van der Waals surface area contributed by atoms with E-state index in [0.29, 0.717) is 0 Å². The maximum atomic E-state index is 12.4. The number of aliphatic imine (C=N–C) groups is 1. The standard InChI is InChI=1S/C25H18N2OS/c1-2-7-23(28)27-22-15-13-18-9-4-6-11-20(18)25(22)24-19-10-5-3-8-17(19)12-14-21(24)26-16-29/h2-15H,1H3,(H,27,28)/b7-2+. The Kier molecular flexibility index (Phi) is 5.30. The molecule has 0 spiro atoms. The van der Waals surface area contributed by atoms with Gasteiger partial charge < -0.3 is 5.32 Å². The number of allylic oxidation sites excluding steroid dienone is 1. The Labute approximate surface area is 174 Å². The summed E-state index contributed by atoms with van der Waals surface area (Å²) >= 11 is 4.90. The second kappa shape index (κ2) is 8.19. The van der Waals surface area contributed by atoms with Crippen LogP contribution in [0.25, 0.3) is 32.7 Å². The topological polar surface area (TPSA) is 41.5 Å². The van der Waals surface area contributed by atoms with E-state index in [1.165, 1.54) is 6.08 Å². The van der Waals surface area contributed by atoms with Crippen LogP contribution in [0.4, 0.5) is 11.4 Å². The lowest BCUT2D eigenvalue weighted by Gasteiger charge is -2.17. The van der Waals surface area contributed by atoms with Gasteiger partial charge in [-0.25, -0.2) is 0 Å². The lowest BCUT2D eigenvalue weighted by atomic mass is 9.91. The molecule has 0 aliphatic rings. The summed E-state index contributed by atoms with van der Waals surface area (Å²) in [6, 6.07) is 24.2. The first-order chi connectivity index (χ1) is 14.2. The molecule has 0 heterocycles. The van der Waals surface area contributed by atoms with E-state index in [2.05, 4.69) is 39.7 Å². The minimum Gasteiger partial charge on any atom is -0.322 e. The summed E-state index contributed by atoms with van der Waals surface area (Å²) in [6.45, 7) is 1.82. The normalized spacial score (nSPS) is 10.9. The zero-order valence-electron chi connectivity index (χ0n) is 15.8. The molecular formula is C25H18N2OS. The van der Waals surface area contributed by atoms with Crippen LogP contribution in [0.5, 0.6) is 0 Å². The first kappa shape index (κ1) is 18.8. The summed E-state index contributed by atoms with van der Waals surface area (Å²) in [4.78, 5) is 16.7. The van der Waals surface area contributed by atoms with Gasteiger partial charge in [0.25, 0.3) is 0 Å². The average molecular weight is 394 g/mol. The zero-order valence-corrected chi connectivity index (χ0v) is 16.7. The second-order valence-corrected chi connectivity index (χ2v) is 6.76. The number of nitrogens with zero attached hydrogens (tertiary/aromatic N) is 1. The van der Waals surface area contributed by atoms with Crippen LogP contribution in [-0.4, -0.2) is 11.1 Å². The van der Waals surface area contributed by atoms with E-state index in [-0.39, 0.29) is 5.91 Å². The quantitative estimate of drug-likeness (QED) is 0.232. The highest BCUT2D eigenvalue weighted by molar-refractivity contribution is 7.78. The fraction of sp³-hybridized carbons (Fsp3) is 0.0400. The molecule has 140 valence electrons. The highest BCUT2D eigenvalue weighted by Gasteiger charge is 2.17. The van der Waals surface area contributed by atoms with Crippen LogP contribution < -0.4 is 5.32 Å². The molecule has 0 saturated heterocycles. The molecule has 0 radical (unpaired) electrons. The van der Waals surface area contributed by atoms with Crippen LogP contribution in [0.2, 0.25) is 0 Å². The molecule has 1 amide bonds. The maximum Gasteiger partial charge on any atom is 0.248 e. The molecule has 0 atom stereocenters. The van der Waals surface area contributed by atoms with Gasteiger partial charge in [0.2, 0.25) is 5.91 Å². The van der Waals surface area contributed by atoms with Crippen molar-refractivity contribution in [3.8, 4) is 11.1 Å².